The molecule has 4 atom stereocenters. The highest BCUT2D eigenvalue weighted by molar-refractivity contribution is 5.85. The average molecular weight is 513 g/mol. The highest BCUT2D eigenvalue weighted by atomic mass is 35.5. The number of nitrogens with two attached hydrogens (primary N) is 2. The summed E-state index contributed by atoms with van der Waals surface area (Å²) < 4.78 is 16.4. The lowest BCUT2D eigenvalue weighted by atomic mass is 9.83. The Labute approximate surface area is 210 Å². The number of aliphatic hydroxyl groups is 1. The fraction of sp³-hybridized carbons (Fsp3) is 0.696. The quantitative estimate of drug-likeness (QED) is 0.250. The normalized spacial score (nSPS) is 14.4. The van der Waals surface area contributed by atoms with Gasteiger partial charge in [0.2, 0.25) is 5.91 Å². The number of hydrogen-bond donors (Lipinski definition) is 4. The summed E-state index contributed by atoms with van der Waals surface area (Å²) in [7, 11) is 3.30. The van der Waals surface area contributed by atoms with Crippen molar-refractivity contribution in [3.63, 3.8) is 0 Å². The number of halogens is 2. The Morgan fingerprint density at radius 3 is 2.33 bits per heavy atom. The van der Waals surface area contributed by atoms with Gasteiger partial charge in [0, 0.05) is 32.7 Å². The molecule has 10 heteroatoms. The largest absolute Gasteiger partial charge is 0.493 e. The Hall–Kier alpha value is -1.29. The van der Waals surface area contributed by atoms with Gasteiger partial charge in [-0.05, 0) is 49.3 Å². The molecule has 0 fully saturated rings. The molecule has 0 heterocycles. The number of methoxy groups -OCH3 is 2. The molecule has 0 aliphatic heterocycles. The summed E-state index contributed by atoms with van der Waals surface area (Å²) in [6, 6.07) is 5.04. The van der Waals surface area contributed by atoms with Crippen molar-refractivity contribution in [1.82, 2.24) is 5.32 Å². The molecule has 1 rings (SSSR count). The fourth-order valence-electron chi connectivity index (χ4n) is 3.30. The average Bonchev–Trinajstić information content (AvgIpc) is 2.74. The first kappa shape index (κ1) is 33.9. The lowest BCUT2D eigenvalue weighted by Crippen LogP contribution is -2.48. The smallest absolute Gasteiger partial charge is 0.234 e. The van der Waals surface area contributed by atoms with E-state index in [0.29, 0.717) is 37.1 Å². The number of benzene rings is 1. The van der Waals surface area contributed by atoms with Gasteiger partial charge >= 0.3 is 0 Å². The van der Waals surface area contributed by atoms with Crippen LogP contribution in [0.2, 0.25) is 0 Å². The van der Waals surface area contributed by atoms with Gasteiger partial charge in [0.05, 0.1) is 25.9 Å². The van der Waals surface area contributed by atoms with E-state index >= 15 is 0 Å². The summed E-state index contributed by atoms with van der Waals surface area (Å²) >= 11 is 0. The van der Waals surface area contributed by atoms with E-state index < -0.39 is 24.1 Å². The summed E-state index contributed by atoms with van der Waals surface area (Å²) in [5, 5.41) is 13.3. The molecular weight excluding hydrogens is 469 g/mol. The van der Waals surface area contributed by atoms with Crippen LogP contribution in [-0.4, -0.2) is 63.2 Å². The maximum atomic E-state index is 11.1. The molecule has 194 valence electrons. The van der Waals surface area contributed by atoms with Gasteiger partial charge in [0.25, 0.3) is 0 Å². The Morgan fingerprint density at radius 2 is 1.79 bits per heavy atom. The van der Waals surface area contributed by atoms with Crippen LogP contribution in [-0.2, 0) is 16.0 Å². The first-order chi connectivity index (χ1) is 14.7. The van der Waals surface area contributed by atoms with E-state index in [4.69, 9.17) is 25.7 Å². The molecule has 0 saturated carbocycles. The van der Waals surface area contributed by atoms with Gasteiger partial charge in [-0.2, -0.15) is 0 Å². The summed E-state index contributed by atoms with van der Waals surface area (Å²) in [5.74, 6) is 1.61. The first-order valence-electron chi connectivity index (χ1n) is 10.9. The molecule has 0 bridgehead atoms. The monoisotopic (exact) mass is 511 g/mol. The van der Waals surface area contributed by atoms with E-state index in [9.17, 15) is 9.90 Å². The van der Waals surface area contributed by atoms with Crippen LogP contribution in [0.5, 0.6) is 11.5 Å². The number of primary amides is 1. The highest BCUT2D eigenvalue weighted by Crippen LogP contribution is 2.31. The van der Waals surface area contributed by atoms with Crippen LogP contribution in [0.1, 0.15) is 39.2 Å². The topological polar surface area (TPSA) is 129 Å². The lowest BCUT2D eigenvalue weighted by Gasteiger charge is -2.28. The van der Waals surface area contributed by atoms with Gasteiger partial charge in [-0.3, -0.25) is 4.79 Å². The zero-order valence-corrected chi connectivity index (χ0v) is 22.0. The zero-order valence-electron chi connectivity index (χ0n) is 20.4. The Morgan fingerprint density at radius 1 is 1.12 bits per heavy atom. The molecular formula is C23H43Cl2N3O5. The molecule has 1 aromatic carbocycles. The van der Waals surface area contributed by atoms with E-state index in [1.165, 1.54) is 0 Å². The Balaban J connectivity index is 0. The van der Waals surface area contributed by atoms with Gasteiger partial charge in [0.15, 0.2) is 11.5 Å². The van der Waals surface area contributed by atoms with E-state index in [-0.39, 0.29) is 37.3 Å². The van der Waals surface area contributed by atoms with Crippen molar-refractivity contribution in [2.45, 2.75) is 58.2 Å². The molecule has 0 spiro atoms. The minimum atomic E-state index is -0.765. The van der Waals surface area contributed by atoms with Crippen LogP contribution >= 0.6 is 24.8 Å². The van der Waals surface area contributed by atoms with Crippen molar-refractivity contribution < 1.29 is 24.1 Å². The second kappa shape index (κ2) is 18.1. The third-order valence-electron chi connectivity index (χ3n) is 5.55. The minimum absolute atomic E-state index is 0. The molecule has 6 N–H and O–H groups in total. The predicted molar refractivity (Wildman–Crippen MR) is 137 cm³/mol. The summed E-state index contributed by atoms with van der Waals surface area (Å²) in [4.78, 5) is 11.1. The van der Waals surface area contributed by atoms with Crippen molar-refractivity contribution in [2.75, 3.05) is 34.0 Å². The Bertz CT molecular complexity index is 667. The molecule has 0 radical (unpaired) electrons. The predicted octanol–water partition coefficient (Wildman–Crippen LogP) is 2.31. The number of rotatable bonds is 16. The maximum Gasteiger partial charge on any atom is 0.234 e. The molecule has 4 unspecified atom stereocenters. The summed E-state index contributed by atoms with van der Waals surface area (Å²) in [6.45, 7) is 7.39. The van der Waals surface area contributed by atoms with E-state index in [2.05, 4.69) is 19.2 Å². The highest BCUT2D eigenvalue weighted by Gasteiger charge is 2.24. The Kier molecular flexibility index (Phi) is 18.6. The lowest BCUT2D eigenvalue weighted by molar-refractivity contribution is -0.119. The second-order valence-corrected chi connectivity index (χ2v) is 8.39. The number of carbonyl (C=O) groups is 1. The number of ether oxygens (including phenoxy) is 3. The third-order valence-corrected chi connectivity index (χ3v) is 5.55. The standard InChI is InChI=1S/C23H41N3O5.2ClH/c1-15(2)18(13-19(24)20(27)14-26-16(3)23(25)28)11-17-7-8-21(30-5)22(12-17)31-10-6-9-29-4;;/h7-8,12,15-16,18-20,26-27H,6,9-11,13-14,24H2,1-5H3,(H2,25,28);2*1H. The zero-order chi connectivity index (χ0) is 23.4. The third kappa shape index (κ3) is 12.7. The minimum Gasteiger partial charge on any atom is -0.493 e. The molecule has 8 nitrogen and oxygen atoms in total. The number of carbonyl (C=O) groups excluding carboxylic acids is 1. The van der Waals surface area contributed by atoms with E-state index in [1.807, 2.05) is 18.2 Å². The first-order valence-corrected chi connectivity index (χ1v) is 10.9. The van der Waals surface area contributed by atoms with Crippen LogP contribution in [0.3, 0.4) is 0 Å². The molecule has 0 aliphatic carbocycles. The van der Waals surface area contributed by atoms with Crippen molar-refractivity contribution in [3.05, 3.63) is 23.8 Å². The number of aliphatic hydroxyl groups excluding tert-OH is 1. The second-order valence-electron chi connectivity index (χ2n) is 8.39. The van der Waals surface area contributed by atoms with Crippen LogP contribution < -0.4 is 26.3 Å². The van der Waals surface area contributed by atoms with Gasteiger partial charge in [0.1, 0.15) is 0 Å². The number of nitrogens with one attached hydrogen (secondary N) is 1. The maximum absolute atomic E-state index is 11.1. The van der Waals surface area contributed by atoms with E-state index in [1.54, 1.807) is 21.1 Å². The molecule has 1 aromatic rings. The van der Waals surface area contributed by atoms with Gasteiger partial charge < -0.3 is 36.1 Å². The molecule has 33 heavy (non-hydrogen) atoms. The van der Waals surface area contributed by atoms with Crippen molar-refractivity contribution in [3.8, 4) is 11.5 Å². The molecule has 0 aromatic heterocycles. The summed E-state index contributed by atoms with van der Waals surface area (Å²) in [6.07, 6.45) is 1.50. The number of amides is 1. The van der Waals surface area contributed by atoms with Crippen molar-refractivity contribution >= 4 is 30.7 Å². The molecule has 1 amide bonds. The van der Waals surface area contributed by atoms with Crippen LogP contribution in [0.25, 0.3) is 0 Å². The van der Waals surface area contributed by atoms with Gasteiger partial charge in [-0.15, -0.1) is 24.8 Å². The van der Waals surface area contributed by atoms with Crippen LogP contribution in [0, 0.1) is 11.8 Å². The molecule has 0 saturated heterocycles. The fourth-order valence-corrected chi connectivity index (χ4v) is 3.30. The van der Waals surface area contributed by atoms with Crippen molar-refractivity contribution in [2.24, 2.45) is 23.3 Å². The van der Waals surface area contributed by atoms with Gasteiger partial charge in [-0.1, -0.05) is 19.9 Å². The molecule has 0 aliphatic rings. The van der Waals surface area contributed by atoms with Gasteiger partial charge in [-0.25, -0.2) is 0 Å². The summed E-state index contributed by atoms with van der Waals surface area (Å²) in [5.41, 5.74) is 12.7. The van der Waals surface area contributed by atoms with Crippen molar-refractivity contribution in [1.29, 1.82) is 0 Å². The van der Waals surface area contributed by atoms with Crippen LogP contribution in [0.4, 0.5) is 0 Å². The van der Waals surface area contributed by atoms with Crippen LogP contribution in [0.15, 0.2) is 18.2 Å². The van der Waals surface area contributed by atoms with E-state index in [0.717, 1.165) is 18.4 Å². The SMILES string of the molecule is COCCCOc1cc(CC(CC(N)C(O)CNC(C)C(N)=O)C(C)C)ccc1OC.Cl.Cl. The number of hydrogen-bond acceptors (Lipinski definition) is 7.